The van der Waals surface area contributed by atoms with Crippen LogP contribution in [-0.4, -0.2) is 33.9 Å². The Morgan fingerprint density at radius 2 is 1.97 bits per heavy atom. The van der Waals surface area contributed by atoms with E-state index in [4.69, 9.17) is 21.1 Å². The standard InChI is InChI=1S/C26H28ClF2N3O3S/c1-6-26(28,29)25-31-30-24-21(13-22(33)35-14(2)3)36-23(17-8-7-9-20(34-5)15(17)4)18-12-16(27)10-11-19(18)32(24)25/h7-12,14,21,23H,6,13H2,1-5H3/t21-,23-/m1/s1. The molecule has 0 N–H and O–H groups in total. The van der Waals surface area contributed by atoms with Gasteiger partial charge in [0.05, 0.1) is 35.8 Å². The molecule has 1 aliphatic heterocycles. The molecule has 0 radical (unpaired) electrons. The first-order chi connectivity index (χ1) is 17.1. The van der Waals surface area contributed by atoms with Crippen LogP contribution >= 0.6 is 23.4 Å². The van der Waals surface area contributed by atoms with Gasteiger partial charge in [-0.25, -0.2) is 0 Å². The Morgan fingerprint density at radius 3 is 2.64 bits per heavy atom. The summed E-state index contributed by atoms with van der Waals surface area (Å²) >= 11 is 7.86. The van der Waals surface area contributed by atoms with Crippen LogP contribution in [0.15, 0.2) is 36.4 Å². The predicted octanol–water partition coefficient (Wildman–Crippen LogP) is 6.96. The molecule has 0 amide bonds. The van der Waals surface area contributed by atoms with Gasteiger partial charge in [-0.3, -0.25) is 9.36 Å². The summed E-state index contributed by atoms with van der Waals surface area (Å²) in [5.74, 6) is -3.15. The number of alkyl halides is 2. The maximum absolute atomic E-state index is 15.1. The highest BCUT2D eigenvalue weighted by Gasteiger charge is 2.42. The molecule has 1 aromatic heterocycles. The number of fused-ring (bicyclic) bond motifs is 3. The average Bonchev–Trinajstić information content (AvgIpc) is 3.23. The predicted molar refractivity (Wildman–Crippen MR) is 136 cm³/mol. The summed E-state index contributed by atoms with van der Waals surface area (Å²) in [4.78, 5) is 12.8. The summed E-state index contributed by atoms with van der Waals surface area (Å²) in [6, 6.07) is 10.9. The minimum Gasteiger partial charge on any atom is -0.496 e. The third-order valence-electron chi connectivity index (χ3n) is 6.11. The van der Waals surface area contributed by atoms with Crippen molar-refractivity contribution in [2.75, 3.05) is 7.11 Å². The molecule has 0 saturated heterocycles. The Labute approximate surface area is 218 Å². The molecule has 0 saturated carbocycles. The van der Waals surface area contributed by atoms with E-state index in [0.29, 0.717) is 16.5 Å². The summed E-state index contributed by atoms with van der Waals surface area (Å²) in [7, 11) is 1.60. The number of carbonyl (C=O) groups excluding carboxylic acids is 1. The molecule has 2 aromatic carbocycles. The number of nitrogens with zero attached hydrogens (tertiary/aromatic N) is 3. The van der Waals surface area contributed by atoms with Crippen molar-refractivity contribution in [2.24, 2.45) is 0 Å². The molecule has 0 fully saturated rings. The lowest BCUT2D eigenvalue weighted by Crippen LogP contribution is -2.20. The molecule has 0 aliphatic carbocycles. The fourth-order valence-electron chi connectivity index (χ4n) is 4.35. The smallest absolute Gasteiger partial charge is 0.307 e. The Bertz CT molecular complexity index is 1280. The maximum atomic E-state index is 15.1. The average molecular weight is 536 g/mol. The van der Waals surface area contributed by atoms with Crippen molar-refractivity contribution in [3.63, 3.8) is 0 Å². The Kier molecular flexibility index (Phi) is 7.61. The molecule has 10 heteroatoms. The molecule has 36 heavy (non-hydrogen) atoms. The molecule has 6 nitrogen and oxygen atoms in total. The molecule has 3 aromatic rings. The van der Waals surface area contributed by atoms with Crippen molar-refractivity contribution in [3.05, 3.63) is 69.8 Å². The minimum absolute atomic E-state index is 0.0556. The van der Waals surface area contributed by atoms with E-state index in [0.717, 1.165) is 16.7 Å². The van der Waals surface area contributed by atoms with Gasteiger partial charge in [0.25, 0.3) is 0 Å². The van der Waals surface area contributed by atoms with Crippen molar-refractivity contribution in [2.45, 2.75) is 63.1 Å². The van der Waals surface area contributed by atoms with Gasteiger partial charge in [-0.05, 0) is 61.7 Å². The molecular weight excluding hydrogens is 508 g/mol. The lowest BCUT2D eigenvalue weighted by molar-refractivity contribution is -0.147. The molecule has 0 spiro atoms. The van der Waals surface area contributed by atoms with E-state index >= 15 is 8.78 Å². The summed E-state index contributed by atoms with van der Waals surface area (Å²) in [5, 5.41) is 7.62. The van der Waals surface area contributed by atoms with E-state index < -0.39 is 29.4 Å². The number of esters is 1. The van der Waals surface area contributed by atoms with Crippen LogP contribution in [-0.2, 0) is 15.5 Å². The van der Waals surface area contributed by atoms with Crippen LogP contribution in [0.25, 0.3) is 5.69 Å². The monoisotopic (exact) mass is 535 g/mol. The normalized spacial score (nSPS) is 17.4. The Morgan fingerprint density at radius 1 is 1.22 bits per heavy atom. The van der Waals surface area contributed by atoms with Gasteiger partial charge >= 0.3 is 11.9 Å². The van der Waals surface area contributed by atoms with Crippen molar-refractivity contribution in [3.8, 4) is 11.4 Å². The molecule has 2 heterocycles. The zero-order valence-corrected chi connectivity index (χ0v) is 22.3. The lowest BCUT2D eigenvalue weighted by atomic mass is 9.97. The molecule has 192 valence electrons. The molecule has 0 bridgehead atoms. The molecular formula is C26H28ClF2N3O3S. The van der Waals surface area contributed by atoms with Crippen LogP contribution in [0.3, 0.4) is 0 Å². The van der Waals surface area contributed by atoms with E-state index in [2.05, 4.69) is 10.2 Å². The number of rotatable bonds is 7. The maximum Gasteiger partial charge on any atom is 0.307 e. The van der Waals surface area contributed by atoms with Gasteiger partial charge in [0, 0.05) is 11.4 Å². The Hall–Kier alpha value is -2.65. The first kappa shape index (κ1) is 26.4. The van der Waals surface area contributed by atoms with Gasteiger partial charge in [0.2, 0.25) is 5.82 Å². The van der Waals surface area contributed by atoms with E-state index in [1.807, 2.05) is 25.1 Å². The lowest BCUT2D eigenvalue weighted by Gasteiger charge is -2.23. The van der Waals surface area contributed by atoms with Crippen LogP contribution in [0.1, 0.15) is 72.5 Å². The van der Waals surface area contributed by atoms with E-state index in [1.165, 1.54) is 23.3 Å². The van der Waals surface area contributed by atoms with Crippen molar-refractivity contribution >= 4 is 29.3 Å². The first-order valence-electron chi connectivity index (χ1n) is 11.7. The van der Waals surface area contributed by atoms with Crippen LogP contribution < -0.4 is 4.74 Å². The second-order valence-corrected chi connectivity index (χ2v) is 10.6. The summed E-state index contributed by atoms with van der Waals surface area (Å²) in [5.41, 5.74) is 3.05. The zero-order valence-electron chi connectivity index (χ0n) is 20.7. The van der Waals surface area contributed by atoms with E-state index in [1.54, 1.807) is 39.2 Å². The fraction of sp³-hybridized carbons (Fsp3) is 0.423. The highest BCUT2D eigenvalue weighted by molar-refractivity contribution is 8.00. The minimum atomic E-state index is -3.22. The van der Waals surface area contributed by atoms with Crippen LogP contribution in [0.4, 0.5) is 8.78 Å². The number of hydrogen-bond acceptors (Lipinski definition) is 6. The molecule has 0 unspecified atom stereocenters. The summed E-state index contributed by atoms with van der Waals surface area (Å²) in [6.07, 6.45) is -0.807. The Balaban J connectivity index is 1.97. The molecule has 4 rings (SSSR count). The van der Waals surface area contributed by atoms with Gasteiger partial charge in [0.15, 0.2) is 5.82 Å². The number of methoxy groups -OCH3 is 1. The van der Waals surface area contributed by atoms with Crippen molar-refractivity contribution in [1.29, 1.82) is 0 Å². The van der Waals surface area contributed by atoms with Crippen molar-refractivity contribution in [1.82, 2.24) is 14.8 Å². The van der Waals surface area contributed by atoms with Gasteiger partial charge in [-0.1, -0.05) is 30.7 Å². The summed E-state index contributed by atoms with van der Waals surface area (Å²) < 4.78 is 42.5. The number of carbonyl (C=O) groups is 1. The van der Waals surface area contributed by atoms with Crippen LogP contribution in [0.2, 0.25) is 5.02 Å². The highest BCUT2D eigenvalue weighted by atomic mass is 35.5. The van der Waals surface area contributed by atoms with Gasteiger partial charge in [-0.15, -0.1) is 22.0 Å². The van der Waals surface area contributed by atoms with Gasteiger partial charge < -0.3 is 9.47 Å². The second kappa shape index (κ2) is 10.4. The highest BCUT2D eigenvalue weighted by Crippen LogP contribution is 2.53. The molecule has 2 atom stereocenters. The third-order valence-corrected chi connectivity index (χ3v) is 7.83. The van der Waals surface area contributed by atoms with E-state index in [-0.39, 0.29) is 23.6 Å². The van der Waals surface area contributed by atoms with Gasteiger partial charge in [-0.2, -0.15) is 8.78 Å². The van der Waals surface area contributed by atoms with Crippen molar-refractivity contribution < 1.29 is 23.0 Å². The number of ether oxygens (including phenoxy) is 2. The fourth-order valence-corrected chi connectivity index (χ4v) is 6.11. The van der Waals surface area contributed by atoms with Crippen LogP contribution in [0.5, 0.6) is 5.75 Å². The molecule has 1 aliphatic rings. The SMILES string of the molecule is CCC(F)(F)c1nnc2n1-c1ccc(Cl)cc1[C@@H](c1cccc(OC)c1C)S[C@@H]2CC(=O)OC(C)C. The number of thioether (sulfide) groups is 1. The zero-order chi connectivity index (χ0) is 26.2. The number of benzene rings is 2. The third kappa shape index (κ3) is 4.95. The summed E-state index contributed by atoms with van der Waals surface area (Å²) in [6.45, 7) is 6.87. The number of hydrogen-bond donors (Lipinski definition) is 0. The quantitative estimate of drug-likeness (QED) is 0.305. The second-order valence-electron chi connectivity index (χ2n) is 8.90. The number of aromatic nitrogens is 3. The topological polar surface area (TPSA) is 66.2 Å². The first-order valence-corrected chi connectivity index (χ1v) is 13.0. The number of halogens is 3. The van der Waals surface area contributed by atoms with Gasteiger partial charge in [0.1, 0.15) is 5.75 Å². The van der Waals surface area contributed by atoms with Crippen LogP contribution in [0, 0.1) is 6.92 Å². The van der Waals surface area contributed by atoms with E-state index in [9.17, 15) is 4.79 Å². The largest absolute Gasteiger partial charge is 0.496 e.